The third-order valence-corrected chi connectivity index (χ3v) is 4.94. The van der Waals surface area contributed by atoms with Crippen LogP contribution in [0.15, 0.2) is 48.8 Å². The van der Waals surface area contributed by atoms with Crippen molar-refractivity contribution >= 4 is 11.7 Å². The number of methoxy groups -OCH3 is 1. The first kappa shape index (κ1) is 18.0. The molecular weight excluding hydrogens is 356 g/mol. The van der Waals surface area contributed by atoms with E-state index in [0.29, 0.717) is 37.5 Å². The van der Waals surface area contributed by atoms with Gasteiger partial charge in [-0.2, -0.15) is 0 Å². The zero-order valence-corrected chi connectivity index (χ0v) is 15.9. The number of rotatable bonds is 4. The molecule has 1 fully saturated rings. The Kier molecular flexibility index (Phi) is 4.92. The quantitative estimate of drug-likeness (QED) is 0.691. The molecule has 2 aromatic heterocycles. The molecule has 4 rings (SSSR count). The van der Waals surface area contributed by atoms with Gasteiger partial charge in [0.1, 0.15) is 11.6 Å². The lowest BCUT2D eigenvalue weighted by molar-refractivity contribution is 0.0743. The number of hydrogen-bond acceptors (Lipinski definition) is 6. The van der Waals surface area contributed by atoms with Crippen LogP contribution in [0.25, 0.3) is 5.82 Å². The van der Waals surface area contributed by atoms with Gasteiger partial charge in [0.15, 0.2) is 11.6 Å². The number of aromatic nitrogens is 4. The molecule has 0 spiro atoms. The van der Waals surface area contributed by atoms with Crippen LogP contribution in [0.3, 0.4) is 0 Å². The van der Waals surface area contributed by atoms with Crippen LogP contribution >= 0.6 is 0 Å². The summed E-state index contributed by atoms with van der Waals surface area (Å²) < 4.78 is 7.20. The third-order valence-electron chi connectivity index (χ3n) is 4.94. The number of ether oxygens (including phenoxy) is 1. The largest absolute Gasteiger partial charge is 0.496 e. The van der Waals surface area contributed by atoms with Crippen LogP contribution in [0.2, 0.25) is 0 Å². The second-order valence-electron chi connectivity index (χ2n) is 6.57. The minimum Gasteiger partial charge on any atom is -0.496 e. The topological polar surface area (TPSA) is 76.4 Å². The highest BCUT2D eigenvalue weighted by atomic mass is 16.5. The van der Waals surface area contributed by atoms with Crippen molar-refractivity contribution in [1.82, 2.24) is 24.6 Å². The number of benzene rings is 1. The molecular formula is C20H22N6O2. The van der Waals surface area contributed by atoms with Gasteiger partial charge in [-0.05, 0) is 31.2 Å². The summed E-state index contributed by atoms with van der Waals surface area (Å²) in [6.45, 7) is 4.59. The summed E-state index contributed by atoms with van der Waals surface area (Å²) in [5.74, 6) is 3.01. The predicted octanol–water partition coefficient (Wildman–Crippen LogP) is 1.94. The fourth-order valence-electron chi connectivity index (χ4n) is 3.37. The van der Waals surface area contributed by atoms with Crippen LogP contribution in [-0.2, 0) is 0 Å². The number of nitrogens with zero attached hydrogens (tertiary/aromatic N) is 6. The maximum Gasteiger partial charge on any atom is 0.257 e. The van der Waals surface area contributed by atoms with Crippen LogP contribution in [-0.4, -0.2) is 63.8 Å². The highest BCUT2D eigenvalue weighted by Gasteiger charge is 2.24. The molecule has 28 heavy (non-hydrogen) atoms. The lowest BCUT2D eigenvalue weighted by Crippen LogP contribution is -2.49. The Labute approximate surface area is 163 Å². The molecule has 0 bridgehead atoms. The minimum absolute atomic E-state index is 0.00545. The number of aryl methyl sites for hydroxylation is 1. The number of hydrogen-bond donors (Lipinski definition) is 0. The van der Waals surface area contributed by atoms with Crippen LogP contribution in [0.1, 0.15) is 16.2 Å². The molecule has 0 unspecified atom stereocenters. The summed E-state index contributed by atoms with van der Waals surface area (Å²) in [7, 11) is 1.58. The molecule has 8 nitrogen and oxygen atoms in total. The maximum atomic E-state index is 12.8. The number of para-hydroxylation sites is 1. The summed E-state index contributed by atoms with van der Waals surface area (Å²) in [6, 6.07) is 11.2. The number of carbonyl (C=O) groups is 1. The number of anilines is 1. The van der Waals surface area contributed by atoms with Crippen LogP contribution < -0.4 is 9.64 Å². The number of piperazine rings is 1. The van der Waals surface area contributed by atoms with Crippen molar-refractivity contribution in [2.24, 2.45) is 0 Å². The zero-order valence-electron chi connectivity index (χ0n) is 15.9. The van der Waals surface area contributed by atoms with E-state index < -0.39 is 0 Å². The van der Waals surface area contributed by atoms with E-state index in [2.05, 4.69) is 20.1 Å². The average Bonchev–Trinajstić information content (AvgIpc) is 3.19. The summed E-state index contributed by atoms with van der Waals surface area (Å²) in [5, 5.41) is 8.67. The molecule has 0 radical (unpaired) electrons. The SMILES string of the molecule is COc1ccccc1C(=O)N1CCN(c2ccc(-n3ccnc3C)nn2)CC1. The molecule has 3 aromatic rings. The summed E-state index contributed by atoms with van der Waals surface area (Å²) in [4.78, 5) is 21.0. The van der Waals surface area contributed by atoms with Gasteiger partial charge >= 0.3 is 0 Å². The lowest BCUT2D eigenvalue weighted by Gasteiger charge is -2.35. The van der Waals surface area contributed by atoms with Gasteiger partial charge in [0.2, 0.25) is 0 Å². The van der Waals surface area contributed by atoms with Gasteiger partial charge in [-0.3, -0.25) is 9.36 Å². The Balaban J connectivity index is 1.41. The molecule has 0 aliphatic carbocycles. The molecule has 144 valence electrons. The molecule has 1 aliphatic rings. The minimum atomic E-state index is -0.00545. The fraction of sp³-hybridized carbons (Fsp3) is 0.300. The van der Waals surface area contributed by atoms with Crippen molar-refractivity contribution in [3.8, 4) is 11.6 Å². The van der Waals surface area contributed by atoms with Crippen LogP contribution in [0, 0.1) is 6.92 Å². The first-order chi connectivity index (χ1) is 13.7. The van der Waals surface area contributed by atoms with Gasteiger partial charge in [-0.15, -0.1) is 10.2 Å². The Morgan fingerprint density at radius 2 is 1.71 bits per heavy atom. The Morgan fingerprint density at radius 1 is 1.00 bits per heavy atom. The van der Waals surface area contributed by atoms with E-state index in [4.69, 9.17) is 4.74 Å². The van der Waals surface area contributed by atoms with E-state index in [1.54, 1.807) is 19.4 Å². The Hall–Kier alpha value is -3.42. The van der Waals surface area contributed by atoms with Crippen molar-refractivity contribution in [1.29, 1.82) is 0 Å². The molecule has 8 heteroatoms. The van der Waals surface area contributed by atoms with E-state index in [9.17, 15) is 4.79 Å². The Bertz CT molecular complexity index is 961. The monoisotopic (exact) mass is 378 g/mol. The van der Waals surface area contributed by atoms with Crippen molar-refractivity contribution in [3.63, 3.8) is 0 Å². The average molecular weight is 378 g/mol. The maximum absolute atomic E-state index is 12.8. The van der Waals surface area contributed by atoms with Gasteiger partial charge in [-0.1, -0.05) is 12.1 Å². The highest BCUT2D eigenvalue weighted by Crippen LogP contribution is 2.21. The number of amides is 1. The van der Waals surface area contributed by atoms with Gasteiger partial charge in [0.25, 0.3) is 5.91 Å². The normalized spacial score (nSPS) is 14.2. The van der Waals surface area contributed by atoms with Crippen molar-refractivity contribution in [2.75, 3.05) is 38.2 Å². The van der Waals surface area contributed by atoms with Gasteiger partial charge < -0.3 is 14.5 Å². The lowest BCUT2D eigenvalue weighted by atomic mass is 10.1. The summed E-state index contributed by atoms with van der Waals surface area (Å²) in [5.41, 5.74) is 0.596. The van der Waals surface area contributed by atoms with E-state index in [1.165, 1.54) is 0 Å². The summed E-state index contributed by atoms with van der Waals surface area (Å²) >= 11 is 0. The summed E-state index contributed by atoms with van der Waals surface area (Å²) in [6.07, 6.45) is 3.60. The second kappa shape index (κ2) is 7.67. The fourth-order valence-corrected chi connectivity index (χ4v) is 3.37. The van der Waals surface area contributed by atoms with Gasteiger partial charge in [0.05, 0.1) is 12.7 Å². The zero-order chi connectivity index (χ0) is 19.5. The van der Waals surface area contributed by atoms with E-state index in [0.717, 1.165) is 17.5 Å². The molecule has 0 atom stereocenters. The molecule has 1 amide bonds. The van der Waals surface area contributed by atoms with Crippen molar-refractivity contribution in [3.05, 3.63) is 60.2 Å². The highest BCUT2D eigenvalue weighted by molar-refractivity contribution is 5.97. The third kappa shape index (κ3) is 3.40. The smallest absolute Gasteiger partial charge is 0.257 e. The van der Waals surface area contributed by atoms with Crippen molar-refractivity contribution < 1.29 is 9.53 Å². The van der Waals surface area contributed by atoms with Gasteiger partial charge in [0, 0.05) is 38.6 Å². The van der Waals surface area contributed by atoms with E-state index in [-0.39, 0.29) is 5.91 Å². The molecule has 0 saturated carbocycles. The van der Waals surface area contributed by atoms with Crippen molar-refractivity contribution in [2.45, 2.75) is 6.92 Å². The predicted molar refractivity (Wildman–Crippen MR) is 105 cm³/mol. The molecule has 3 heterocycles. The van der Waals surface area contributed by atoms with E-state index in [1.807, 2.05) is 52.9 Å². The van der Waals surface area contributed by atoms with E-state index >= 15 is 0 Å². The molecule has 1 saturated heterocycles. The van der Waals surface area contributed by atoms with Crippen LogP contribution in [0.5, 0.6) is 5.75 Å². The first-order valence-electron chi connectivity index (χ1n) is 9.18. The standard InChI is InChI=1S/C20H22N6O2/c1-15-21-9-10-26(15)19-8-7-18(22-23-19)24-11-13-25(14-12-24)20(27)16-5-3-4-6-17(16)28-2/h3-10H,11-14H2,1-2H3. The second-order valence-corrected chi connectivity index (χ2v) is 6.57. The molecule has 1 aromatic carbocycles. The Morgan fingerprint density at radius 3 is 2.36 bits per heavy atom. The number of carbonyl (C=O) groups excluding carboxylic acids is 1. The number of imidazole rings is 1. The molecule has 0 N–H and O–H groups in total. The first-order valence-corrected chi connectivity index (χ1v) is 9.18. The molecule has 1 aliphatic heterocycles. The van der Waals surface area contributed by atoms with Crippen LogP contribution in [0.4, 0.5) is 5.82 Å². The van der Waals surface area contributed by atoms with Gasteiger partial charge in [-0.25, -0.2) is 4.98 Å².